The highest BCUT2D eigenvalue weighted by atomic mass is 32.2. The maximum absolute atomic E-state index is 13.6. The minimum Gasteiger partial charge on any atom is -0.476 e. The van der Waals surface area contributed by atoms with Crippen LogP contribution in [0, 0.1) is 6.92 Å². The first kappa shape index (κ1) is 23.6. The number of hydrogen-bond acceptors (Lipinski definition) is 4. The molecule has 7 heteroatoms. The second-order valence-corrected chi connectivity index (χ2v) is 10.5. The highest BCUT2D eigenvalue weighted by Gasteiger charge is 2.38. The molecule has 4 aromatic rings. The van der Waals surface area contributed by atoms with Crippen molar-refractivity contribution in [3.8, 4) is 5.75 Å². The number of benzene rings is 4. The van der Waals surface area contributed by atoms with Crippen LogP contribution < -0.4 is 14.4 Å². The summed E-state index contributed by atoms with van der Waals surface area (Å²) in [5.74, 6) is -0.0505. The number of para-hydroxylation sites is 2. The van der Waals surface area contributed by atoms with Crippen molar-refractivity contribution in [2.45, 2.75) is 24.0 Å². The van der Waals surface area contributed by atoms with Gasteiger partial charge in [-0.15, -0.1) is 0 Å². The van der Waals surface area contributed by atoms with E-state index in [1.165, 1.54) is 4.31 Å². The summed E-state index contributed by atoms with van der Waals surface area (Å²) < 4.78 is 34.4. The molecule has 0 saturated heterocycles. The predicted molar refractivity (Wildman–Crippen MR) is 139 cm³/mol. The quantitative estimate of drug-likeness (QED) is 0.412. The van der Waals surface area contributed by atoms with Crippen molar-refractivity contribution in [3.63, 3.8) is 0 Å². The van der Waals surface area contributed by atoms with Gasteiger partial charge in [-0.2, -0.15) is 0 Å². The first-order valence-corrected chi connectivity index (χ1v) is 13.1. The van der Waals surface area contributed by atoms with E-state index in [9.17, 15) is 13.2 Å². The van der Waals surface area contributed by atoms with Crippen LogP contribution in [0.5, 0.6) is 5.75 Å². The predicted octanol–water partition coefficient (Wildman–Crippen LogP) is 4.86. The van der Waals surface area contributed by atoms with Crippen molar-refractivity contribution in [1.82, 2.24) is 5.32 Å². The van der Waals surface area contributed by atoms with Gasteiger partial charge in [-0.1, -0.05) is 84.9 Å². The van der Waals surface area contributed by atoms with Gasteiger partial charge in [0.05, 0.1) is 23.2 Å². The molecule has 1 aliphatic heterocycles. The topological polar surface area (TPSA) is 75.7 Å². The van der Waals surface area contributed by atoms with Crippen molar-refractivity contribution in [2.24, 2.45) is 0 Å². The van der Waals surface area contributed by atoms with Gasteiger partial charge in [-0.25, -0.2) is 8.42 Å². The molecule has 6 nitrogen and oxygen atoms in total. The Morgan fingerprint density at radius 1 is 0.861 bits per heavy atom. The Bertz CT molecular complexity index is 1470. The van der Waals surface area contributed by atoms with Gasteiger partial charge in [0.15, 0.2) is 6.10 Å². The molecular weight excluding hydrogens is 472 g/mol. The maximum atomic E-state index is 13.6. The fourth-order valence-electron chi connectivity index (χ4n) is 4.42. The van der Waals surface area contributed by atoms with Gasteiger partial charge in [0.25, 0.3) is 15.9 Å². The van der Waals surface area contributed by atoms with E-state index in [0.717, 1.165) is 16.7 Å². The average molecular weight is 499 g/mol. The van der Waals surface area contributed by atoms with Crippen molar-refractivity contribution in [3.05, 3.63) is 126 Å². The zero-order valence-electron chi connectivity index (χ0n) is 19.7. The molecule has 1 aliphatic rings. The molecule has 1 N–H and O–H groups in total. The highest BCUT2D eigenvalue weighted by molar-refractivity contribution is 7.92. The number of hydrogen-bond donors (Lipinski definition) is 1. The molecule has 0 aliphatic carbocycles. The van der Waals surface area contributed by atoms with Crippen molar-refractivity contribution < 1.29 is 17.9 Å². The second kappa shape index (κ2) is 9.87. The first-order valence-electron chi connectivity index (χ1n) is 11.7. The summed E-state index contributed by atoms with van der Waals surface area (Å²) >= 11 is 0. The standard InChI is InChI=1S/C29H26N2O4S/c1-21-12-8-9-17-24(21)28(22-13-4-2-5-14-22)30-29(32)27-20-31(25-18-10-11-19-26(25)35-27)36(33,34)23-15-6-3-7-16-23/h2-19,27-28H,20H2,1H3,(H,30,32)/t27-,28-/m0/s1. The molecule has 0 bridgehead atoms. The van der Waals surface area contributed by atoms with E-state index < -0.39 is 28.1 Å². The number of nitrogens with one attached hydrogen (secondary N) is 1. The number of ether oxygens (including phenoxy) is 1. The van der Waals surface area contributed by atoms with Crippen LogP contribution in [0.4, 0.5) is 5.69 Å². The van der Waals surface area contributed by atoms with Crippen LogP contribution in [0.15, 0.2) is 114 Å². The van der Waals surface area contributed by atoms with E-state index in [2.05, 4.69) is 5.32 Å². The maximum Gasteiger partial charge on any atom is 0.264 e. The Labute approximate surface area is 211 Å². The number of sulfonamides is 1. The molecule has 4 aromatic carbocycles. The number of nitrogens with zero attached hydrogens (tertiary/aromatic N) is 1. The lowest BCUT2D eigenvalue weighted by atomic mass is 9.94. The number of anilines is 1. The minimum atomic E-state index is -3.91. The lowest BCUT2D eigenvalue weighted by molar-refractivity contribution is -0.128. The molecule has 0 radical (unpaired) electrons. The molecule has 182 valence electrons. The SMILES string of the molecule is Cc1ccccc1[C@@H](NC(=O)[C@@H]1CN(S(=O)(=O)c2ccccc2)c2ccccc2O1)c1ccccc1. The number of carbonyl (C=O) groups is 1. The lowest BCUT2D eigenvalue weighted by Gasteiger charge is -2.35. The van der Waals surface area contributed by atoms with E-state index in [0.29, 0.717) is 11.4 Å². The number of rotatable bonds is 6. The molecule has 5 rings (SSSR count). The molecule has 1 heterocycles. The molecule has 0 spiro atoms. The van der Waals surface area contributed by atoms with Crippen molar-refractivity contribution in [2.75, 3.05) is 10.8 Å². The molecule has 1 amide bonds. The zero-order chi connectivity index (χ0) is 25.1. The van der Waals surface area contributed by atoms with Crippen LogP contribution in [-0.4, -0.2) is 27.0 Å². The summed E-state index contributed by atoms with van der Waals surface area (Å²) in [5.41, 5.74) is 3.32. The van der Waals surface area contributed by atoms with E-state index in [1.807, 2.05) is 61.5 Å². The average Bonchev–Trinajstić information content (AvgIpc) is 2.92. The van der Waals surface area contributed by atoms with E-state index in [1.54, 1.807) is 54.6 Å². The molecule has 0 unspecified atom stereocenters. The molecular formula is C29H26N2O4S. The third kappa shape index (κ3) is 4.57. The molecule has 36 heavy (non-hydrogen) atoms. The first-order chi connectivity index (χ1) is 17.4. The Balaban J connectivity index is 1.49. The third-order valence-corrected chi connectivity index (χ3v) is 8.07. The Kier molecular flexibility index (Phi) is 6.48. The number of amides is 1. The fourth-order valence-corrected chi connectivity index (χ4v) is 5.92. The highest BCUT2D eigenvalue weighted by Crippen LogP contribution is 2.37. The molecule has 0 fully saturated rings. The van der Waals surface area contributed by atoms with E-state index >= 15 is 0 Å². The van der Waals surface area contributed by atoms with Gasteiger partial charge in [-0.3, -0.25) is 9.10 Å². The summed E-state index contributed by atoms with van der Waals surface area (Å²) in [4.78, 5) is 13.8. The normalized spacial score (nSPS) is 15.9. The van der Waals surface area contributed by atoms with Crippen LogP contribution in [0.2, 0.25) is 0 Å². The molecule has 0 saturated carbocycles. The largest absolute Gasteiger partial charge is 0.476 e. The molecule has 0 aromatic heterocycles. The Hall–Kier alpha value is -4.10. The number of aryl methyl sites for hydroxylation is 1. The summed E-state index contributed by atoms with van der Waals surface area (Å²) in [5, 5.41) is 3.12. The van der Waals surface area contributed by atoms with Gasteiger partial charge >= 0.3 is 0 Å². The fraction of sp³-hybridized carbons (Fsp3) is 0.138. The lowest BCUT2D eigenvalue weighted by Crippen LogP contribution is -2.51. The third-order valence-electron chi connectivity index (χ3n) is 6.28. The van der Waals surface area contributed by atoms with Crippen LogP contribution >= 0.6 is 0 Å². The minimum absolute atomic E-state index is 0.143. The van der Waals surface area contributed by atoms with Gasteiger partial charge in [0.1, 0.15) is 5.75 Å². The van der Waals surface area contributed by atoms with Gasteiger partial charge in [-0.05, 0) is 47.9 Å². The van der Waals surface area contributed by atoms with Gasteiger partial charge < -0.3 is 10.1 Å². The van der Waals surface area contributed by atoms with Crippen LogP contribution in [0.3, 0.4) is 0 Å². The van der Waals surface area contributed by atoms with E-state index in [-0.39, 0.29) is 11.4 Å². The van der Waals surface area contributed by atoms with Gasteiger partial charge in [0, 0.05) is 0 Å². The number of carbonyl (C=O) groups excluding carboxylic acids is 1. The van der Waals surface area contributed by atoms with Crippen molar-refractivity contribution >= 4 is 21.6 Å². The Morgan fingerprint density at radius 2 is 1.47 bits per heavy atom. The smallest absolute Gasteiger partial charge is 0.264 e. The van der Waals surface area contributed by atoms with Gasteiger partial charge in [0.2, 0.25) is 0 Å². The summed E-state index contributed by atoms with van der Waals surface area (Å²) in [6.07, 6.45) is -1.03. The summed E-state index contributed by atoms with van der Waals surface area (Å²) in [6.45, 7) is 1.86. The summed E-state index contributed by atoms with van der Waals surface area (Å²) in [7, 11) is -3.91. The van der Waals surface area contributed by atoms with Crippen LogP contribution in [-0.2, 0) is 14.8 Å². The molecule has 2 atom stereocenters. The second-order valence-electron chi connectivity index (χ2n) is 8.63. The number of fused-ring (bicyclic) bond motifs is 1. The van der Waals surface area contributed by atoms with Crippen molar-refractivity contribution in [1.29, 1.82) is 0 Å². The monoisotopic (exact) mass is 498 g/mol. The summed E-state index contributed by atoms with van der Waals surface area (Å²) in [6, 6.07) is 32.2. The van der Waals surface area contributed by atoms with Crippen LogP contribution in [0.1, 0.15) is 22.7 Å². The van der Waals surface area contributed by atoms with E-state index in [4.69, 9.17) is 4.74 Å². The Morgan fingerprint density at radius 3 is 2.19 bits per heavy atom. The zero-order valence-corrected chi connectivity index (χ0v) is 20.6. The van der Waals surface area contributed by atoms with Crippen LogP contribution in [0.25, 0.3) is 0 Å².